The van der Waals surface area contributed by atoms with Crippen LogP contribution in [0.15, 0.2) is 18.2 Å². The van der Waals surface area contributed by atoms with Crippen molar-refractivity contribution in [3.05, 3.63) is 29.3 Å². The van der Waals surface area contributed by atoms with E-state index in [2.05, 4.69) is 49.2 Å². The van der Waals surface area contributed by atoms with Gasteiger partial charge < -0.3 is 10.2 Å². The molecule has 1 aliphatic carbocycles. The second-order valence-electron chi connectivity index (χ2n) is 7.26. The maximum atomic E-state index is 3.92. The lowest BCUT2D eigenvalue weighted by molar-refractivity contribution is 0.196. The highest BCUT2D eigenvalue weighted by atomic mass is 15.3. The molecule has 21 heavy (non-hydrogen) atoms. The lowest BCUT2D eigenvalue weighted by Gasteiger charge is -2.50. The summed E-state index contributed by atoms with van der Waals surface area (Å²) in [5.74, 6) is 0. The quantitative estimate of drug-likeness (QED) is 0.877. The predicted octanol–water partition coefficient (Wildman–Crippen LogP) is 4.19. The van der Waals surface area contributed by atoms with Crippen LogP contribution in [0.5, 0.6) is 0 Å². The van der Waals surface area contributed by atoms with Crippen LogP contribution in [0.1, 0.15) is 56.6 Å². The molecule has 1 aromatic carbocycles. The number of piperazine rings is 1. The highest BCUT2D eigenvalue weighted by Crippen LogP contribution is 2.35. The fourth-order valence-corrected chi connectivity index (χ4v) is 4.30. The van der Waals surface area contributed by atoms with Gasteiger partial charge in [-0.2, -0.15) is 0 Å². The summed E-state index contributed by atoms with van der Waals surface area (Å²) in [5, 5.41) is 3.92. The van der Waals surface area contributed by atoms with Gasteiger partial charge >= 0.3 is 0 Å². The number of nitrogens with zero attached hydrogens (tertiary/aromatic N) is 1. The first-order valence-corrected chi connectivity index (χ1v) is 8.72. The van der Waals surface area contributed by atoms with Gasteiger partial charge in [-0.3, -0.25) is 0 Å². The zero-order valence-electron chi connectivity index (χ0n) is 13.9. The first kappa shape index (κ1) is 14.9. The molecule has 0 aromatic heterocycles. The van der Waals surface area contributed by atoms with Gasteiger partial charge in [0.05, 0.1) is 0 Å². The largest absolute Gasteiger partial charge is 0.365 e. The first-order chi connectivity index (χ1) is 10.1. The third kappa shape index (κ3) is 3.11. The number of hydrogen-bond acceptors (Lipinski definition) is 2. The van der Waals surface area contributed by atoms with Crippen molar-refractivity contribution >= 4 is 5.69 Å². The van der Waals surface area contributed by atoms with Gasteiger partial charge in [0.25, 0.3) is 0 Å². The summed E-state index contributed by atoms with van der Waals surface area (Å²) in [4.78, 5) is 2.70. The average Bonchev–Trinajstić information content (AvgIpc) is 2.47. The summed E-state index contributed by atoms with van der Waals surface area (Å²) >= 11 is 0. The van der Waals surface area contributed by atoms with Crippen molar-refractivity contribution in [2.75, 3.05) is 18.0 Å². The molecule has 1 saturated carbocycles. The van der Waals surface area contributed by atoms with E-state index in [9.17, 15) is 0 Å². The fourth-order valence-electron chi connectivity index (χ4n) is 4.30. The second kappa shape index (κ2) is 6.00. The zero-order chi connectivity index (χ0) is 14.9. The molecule has 1 aromatic rings. The van der Waals surface area contributed by atoms with E-state index in [-0.39, 0.29) is 0 Å². The van der Waals surface area contributed by atoms with Crippen LogP contribution in [0, 0.1) is 13.8 Å². The van der Waals surface area contributed by atoms with E-state index in [1.54, 1.807) is 0 Å². The van der Waals surface area contributed by atoms with Crippen molar-refractivity contribution in [3.63, 3.8) is 0 Å². The van der Waals surface area contributed by atoms with Crippen molar-refractivity contribution < 1.29 is 0 Å². The van der Waals surface area contributed by atoms with Gasteiger partial charge in [0.2, 0.25) is 0 Å². The van der Waals surface area contributed by atoms with Crippen LogP contribution < -0.4 is 10.2 Å². The first-order valence-electron chi connectivity index (χ1n) is 8.72. The van der Waals surface area contributed by atoms with Crippen molar-refractivity contribution in [3.8, 4) is 0 Å². The summed E-state index contributed by atoms with van der Waals surface area (Å²) in [6.45, 7) is 9.09. The highest BCUT2D eigenvalue weighted by molar-refractivity contribution is 5.53. The molecule has 2 heteroatoms. The SMILES string of the molecule is CCC1CNC2(CCCCC2)CN1c1cc(C)cc(C)c1. The lowest BCUT2D eigenvalue weighted by Crippen LogP contribution is -2.65. The minimum atomic E-state index is 0.377. The molecule has 1 spiro atoms. The minimum Gasteiger partial charge on any atom is -0.365 e. The monoisotopic (exact) mass is 286 g/mol. The van der Waals surface area contributed by atoms with E-state index in [1.165, 1.54) is 61.9 Å². The Labute approximate surface area is 129 Å². The molecule has 1 heterocycles. The molecule has 2 nitrogen and oxygen atoms in total. The van der Waals surface area contributed by atoms with Crippen LogP contribution in [0.2, 0.25) is 0 Å². The molecule has 2 fully saturated rings. The Morgan fingerprint density at radius 2 is 1.76 bits per heavy atom. The topological polar surface area (TPSA) is 15.3 Å². The number of benzene rings is 1. The van der Waals surface area contributed by atoms with Crippen molar-refractivity contribution in [2.45, 2.75) is 70.9 Å². The van der Waals surface area contributed by atoms with Crippen LogP contribution in [-0.4, -0.2) is 24.7 Å². The molecule has 0 amide bonds. The van der Waals surface area contributed by atoms with E-state index in [4.69, 9.17) is 0 Å². The van der Waals surface area contributed by atoms with Crippen LogP contribution in [0.25, 0.3) is 0 Å². The summed E-state index contributed by atoms with van der Waals surface area (Å²) < 4.78 is 0. The summed E-state index contributed by atoms with van der Waals surface area (Å²) in [6.07, 6.45) is 8.13. The lowest BCUT2D eigenvalue weighted by atomic mass is 9.79. The van der Waals surface area contributed by atoms with Gasteiger partial charge in [0.1, 0.15) is 0 Å². The molecular weight excluding hydrogens is 256 g/mol. The number of nitrogens with one attached hydrogen (secondary N) is 1. The highest BCUT2D eigenvalue weighted by Gasteiger charge is 2.39. The van der Waals surface area contributed by atoms with Crippen molar-refractivity contribution in [2.24, 2.45) is 0 Å². The molecule has 0 bridgehead atoms. The maximum Gasteiger partial charge on any atom is 0.0412 e. The predicted molar refractivity (Wildman–Crippen MR) is 91.2 cm³/mol. The van der Waals surface area contributed by atoms with E-state index in [1.807, 2.05) is 0 Å². The third-order valence-electron chi connectivity index (χ3n) is 5.45. The van der Waals surface area contributed by atoms with Crippen LogP contribution in [0.4, 0.5) is 5.69 Å². The number of hydrogen-bond donors (Lipinski definition) is 1. The fraction of sp³-hybridized carbons (Fsp3) is 0.684. The third-order valence-corrected chi connectivity index (χ3v) is 5.45. The zero-order valence-corrected chi connectivity index (χ0v) is 13.9. The van der Waals surface area contributed by atoms with Crippen molar-refractivity contribution in [1.82, 2.24) is 5.32 Å². The van der Waals surface area contributed by atoms with Gasteiger partial charge in [-0.1, -0.05) is 32.3 Å². The Hall–Kier alpha value is -1.02. The average molecular weight is 286 g/mol. The van der Waals surface area contributed by atoms with Gasteiger partial charge in [-0.25, -0.2) is 0 Å². The minimum absolute atomic E-state index is 0.377. The molecule has 1 unspecified atom stereocenters. The number of aryl methyl sites for hydroxylation is 2. The molecule has 1 saturated heterocycles. The Balaban J connectivity index is 1.88. The van der Waals surface area contributed by atoms with E-state index >= 15 is 0 Å². The van der Waals surface area contributed by atoms with E-state index in [0.29, 0.717) is 11.6 Å². The Kier molecular flexibility index (Phi) is 4.26. The second-order valence-corrected chi connectivity index (χ2v) is 7.26. The standard InChI is InChI=1S/C19H30N2/c1-4-17-13-20-19(8-6-5-7-9-19)14-21(17)18-11-15(2)10-16(3)12-18/h10-12,17,20H,4-9,13-14H2,1-3H3. The molecule has 2 aliphatic rings. The molecular formula is C19H30N2. The van der Waals surface area contributed by atoms with Crippen LogP contribution >= 0.6 is 0 Å². The van der Waals surface area contributed by atoms with Gasteiger partial charge in [-0.05, 0) is 56.4 Å². The molecule has 1 aliphatic heterocycles. The Bertz CT molecular complexity index is 468. The Morgan fingerprint density at radius 3 is 2.38 bits per heavy atom. The van der Waals surface area contributed by atoms with Gasteiger partial charge in [-0.15, -0.1) is 0 Å². The molecule has 1 N–H and O–H groups in total. The van der Waals surface area contributed by atoms with Crippen LogP contribution in [0.3, 0.4) is 0 Å². The maximum absolute atomic E-state index is 3.92. The molecule has 0 radical (unpaired) electrons. The van der Waals surface area contributed by atoms with Crippen molar-refractivity contribution in [1.29, 1.82) is 0 Å². The summed E-state index contributed by atoms with van der Waals surface area (Å²) in [7, 11) is 0. The van der Waals surface area contributed by atoms with Gasteiger partial charge in [0, 0.05) is 30.4 Å². The summed E-state index contributed by atoms with van der Waals surface area (Å²) in [6, 6.07) is 7.66. The Morgan fingerprint density at radius 1 is 1.10 bits per heavy atom. The van der Waals surface area contributed by atoms with Gasteiger partial charge in [0.15, 0.2) is 0 Å². The van der Waals surface area contributed by atoms with Crippen LogP contribution in [-0.2, 0) is 0 Å². The smallest absolute Gasteiger partial charge is 0.0412 e. The molecule has 116 valence electrons. The summed E-state index contributed by atoms with van der Waals surface area (Å²) in [5.41, 5.74) is 4.58. The number of rotatable bonds is 2. The number of anilines is 1. The normalized spacial score (nSPS) is 25.3. The molecule has 1 atom stereocenters. The van der Waals surface area contributed by atoms with E-state index < -0.39 is 0 Å². The molecule has 3 rings (SSSR count). The van der Waals surface area contributed by atoms with E-state index in [0.717, 1.165) is 6.54 Å².